The number of aromatic hydroxyl groups is 2. The van der Waals surface area contributed by atoms with E-state index in [1.807, 2.05) is 6.08 Å². The molecular formula is C34H31NO8. The molecule has 0 bridgehead atoms. The summed E-state index contributed by atoms with van der Waals surface area (Å²) in [7, 11) is 0. The van der Waals surface area contributed by atoms with Crippen molar-refractivity contribution in [3.05, 3.63) is 89.0 Å². The lowest BCUT2D eigenvalue weighted by Crippen LogP contribution is -2.54. The highest BCUT2D eigenvalue weighted by Gasteiger charge is 2.63. The molecule has 220 valence electrons. The third-order valence-electron chi connectivity index (χ3n) is 9.94. The van der Waals surface area contributed by atoms with Crippen molar-refractivity contribution < 1.29 is 39.3 Å². The fourth-order valence-corrected chi connectivity index (χ4v) is 8.00. The number of hydrogen-bond acceptors (Lipinski definition) is 7. The fraction of sp³-hybridized carbons (Fsp3) is 0.324. The highest BCUT2D eigenvalue weighted by atomic mass is 16.4. The van der Waals surface area contributed by atoms with E-state index in [0.29, 0.717) is 23.1 Å². The third kappa shape index (κ3) is 3.94. The minimum atomic E-state index is -1.35. The number of anilines is 1. The molecule has 6 atom stereocenters. The van der Waals surface area contributed by atoms with Crippen molar-refractivity contribution in [3.8, 4) is 11.5 Å². The van der Waals surface area contributed by atoms with Crippen LogP contribution in [0.15, 0.2) is 72.4 Å². The first-order chi connectivity index (χ1) is 20.4. The van der Waals surface area contributed by atoms with E-state index in [-0.39, 0.29) is 41.4 Å². The summed E-state index contributed by atoms with van der Waals surface area (Å²) < 4.78 is 0. The highest BCUT2D eigenvalue weighted by Crippen LogP contribution is 2.63. The van der Waals surface area contributed by atoms with Crippen molar-refractivity contribution in [1.29, 1.82) is 0 Å². The van der Waals surface area contributed by atoms with Crippen LogP contribution < -0.4 is 4.90 Å². The number of phenolic OH excluding ortho intramolecular Hbond substituents is 1. The number of allylic oxidation sites excluding steroid dienone is 5. The van der Waals surface area contributed by atoms with E-state index in [4.69, 9.17) is 0 Å². The number of para-hydroxylation sites is 1. The number of nitrogens with zero attached hydrogens (tertiary/aromatic N) is 1. The van der Waals surface area contributed by atoms with Gasteiger partial charge in [0, 0.05) is 23.5 Å². The first kappa shape index (κ1) is 28.3. The number of carbonyl (C=O) groups excluding carboxylic acids is 4. The maximum atomic E-state index is 14.1. The zero-order valence-corrected chi connectivity index (χ0v) is 23.7. The van der Waals surface area contributed by atoms with Gasteiger partial charge in [0.15, 0.2) is 11.6 Å². The van der Waals surface area contributed by atoms with Crippen LogP contribution in [0.2, 0.25) is 0 Å². The number of rotatable bonds is 5. The van der Waals surface area contributed by atoms with Crippen molar-refractivity contribution in [3.63, 3.8) is 0 Å². The Hall–Kier alpha value is -4.79. The number of phenols is 2. The minimum Gasteiger partial charge on any atom is -0.507 e. The van der Waals surface area contributed by atoms with Crippen molar-refractivity contribution in [2.75, 3.05) is 4.90 Å². The summed E-state index contributed by atoms with van der Waals surface area (Å²) in [6.45, 7) is 7.15. The lowest BCUT2D eigenvalue weighted by Gasteiger charge is -2.53. The van der Waals surface area contributed by atoms with Gasteiger partial charge in [-0.2, -0.15) is 0 Å². The van der Waals surface area contributed by atoms with Crippen molar-refractivity contribution >= 4 is 35.0 Å². The average Bonchev–Trinajstić information content (AvgIpc) is 3.22. The summed E-state index contributed by atoms with van der Waals surface area (Å²) in [6.07, 6.45) is 5.69. The zero-order valence-electron chi connectivity index (χ0n) is 23.7. The Kier molecular flexibility index (Phi) is 6.52. The van der Waals surface area contributed by atoms with Gasteiger partial charge in [-0.15, -0.1) is 6.58 Å². The maximum Gasteiger partial charge on any atom is 0.339 e. The second kappa shape index (κ2) is 9.90. The molecule has 1 aliphatic heterocycles. The monoisotopic (exact) mass is 581 g/mol. The number of benzene rings is 2. The second-order valence-corrected chi connectivity index (χ2v) is 12.1. The van der Waals surface area contributed by atoms with Gasteiger partial charge in [0.1, 0.15) is 17.1 Å². The Labute approximate surface area is 247 Å². The quantitative estimate of drug-likeness (QED) is 0.346. The summed E-state index contributed by atoms with van der Waals surface area (Å²) in [6, 6.07) is 8.85. The number of carboxylic acids is 1. The standard InChI is InChI=1S/C34H31NO8/c1-4-6-17-7-5-8-22(29(17)38)28-19-11-12-21-27(23(19)15-24-26(37)13-16(2)30(39)34(24,28)3)32(41)35(31(21)40)18-9-10-20(33(42)43)25(36)14-18/h4-5,7-11,13-14,21,23-24,27-28,36,38H,1,6,12,15H2,2-3H3,(H,42,43)/t21-,23+,24-,27-,28+,34+/m0/s1. The minimum absolute atomic E-state index is 0.00736. The molecule has 43 heavy (non-hydrogen) atoms. The topological polar surface area (TPSA) is 149 Å². The Morgan fingerprint density at radius 3 is 2.51 bits per heavy atom. The van der Waals surface area contributed by atoms with Gasteiger partial charge < -0.3 is 15.3 Å². The van der Waals surface area contributed by atoms with Gasteiger partial charge in [-0.05, 0) is 61.4 Å². The predicted molar refractivity (Wildman–Crippen MR) is 155 cm³/mol. The number of carboxylic acid groups (broad SMARTS) is 1. The molecule has 0 aromatic heterocycles. The number of fused-ring (bicyclic) bond motifs is 4. The number of amides is 2. The molecule has 2 aromatic carbocycles. The van der Waals surface area contributed by atoms with E-state index < -0.39 is 58.5 Å². The molecule has 1 saturated carbocycles. The molecule has 1 heterocycles. The predicted octanol–water partition coefficient (Wildman–Crippen LogP) is 4.48. The molecule has 1 saturated heterocycles. The highest BCUT2D eigenvalue weighted by molar-refractivity contribution is 6.23. The largest absolute Gasteiger partial charge is 0.507 e. The van der Waals surface area contributed by atoms with Crippen LogP contribution in [-0.2, 0) is 25.6 Å². The van der Waals surface area contributed by atoms with E-state index in [0.717, 1.165) is 22.6 Å². The van der Waals surface area contributed by atoms with Crippen LogP contribution in [0.5, 0.6) is 11.5 Å². The lowest BCUT2D eigenvalue weighted by molar-refractivity contribution is -0.141. The van der Waals surface area contributed by atoms with E-state index >= 15 is 0 Å². The van der Waals surface area contributed by atoms with Crippen LogP contribution in [0.3, 0.4) is 0 Å². The van der Waals surface area contributed by atoms with Crippen LogP contribution in [0, 0.1) is 29.1 Å². The molecule has 9 heteroatoms. The molecular weight excluding hydrogens is 550 g/mol. The Morgan fingerprint density at radius 1 is 1.09 bits per heavy atom. The molecule has 3 N–H and O–H groups in total. The SMILES string of the molecule is C=CCc1cccc([C@H]2C3=CC[C@@H]4C(=O)N(c5ccc(C(=O)O)c(O)c5)C(=O)[C@@H]4[C@@H]3C[C@H]3C(=O)C=C(C)C(=O)[C@@]23C)c1O. The number of hydrogen-bond donors (Lipinski definition) is 3. The van der Waals surface area contributed by atoms with Crippen molar-refractivity contribution in [2.24, 2.45) is 29.1 Å². The average molecular weight is 582 g/mol. The van der Waals surface area contributed by atoms with Gasteiger partial charge in [0.2, 0.25) is 11.8 Å². The van der Waals surface area contributed by atoms with Gasteiger partial charge in [-0.3, -0.25) is 19.2 Å². The third-order valence-corrected chi connectivity index (χ3v) is 9.94. The van der Waals surface area contributed by atoms with Crippen molar-refractivity contribution in [1.82, 2.24) is 0 Å². The molecule has 2 aromatic rings. The number of carbonyl (C=O) groups is 5. The molecule has 2 amide bonds. The van der Waals surface area contributed by atoms with Gasteiger partial charge in [-0.25, -0.2) is 9.69 Å². The van der Waals surface area contributed by atoms with Gasteiger partial charge in [0.25, 0.3) is 0 Å². The Morgan fingerprint density at radius 2 is 1.84 bits per heavy atom. The summed E-state index contributed by atoms with van der Waals surface area (Å²) >= 11 is 0. The summed E-state index contributed by atoms with van der Waals surface area (Å²) in [5, 5.41) is 31.0. The summed E-state index contributed by atoms with van der Waals surface area (Å²) in [5.74, 6) is -6.97. The Balaban J connectivity index is 1.49. The second-order valence-electron chi connectivity index (χ2n) is 12.1. The van der Waals surface area contributed by atoms with Crippen LogP contribution in [-0.4, -0.2) is 44.7 Å². The van der Waals surface area contributed by atoms with Crippen LogP contribution in [0.25, 0.3) is 0 Å². The summed E-state index contributed by atoms with van der Waals surface area (Å²) in [4.78, 5) is 67.7. The van der Waals surface area contributed by atoms with Gasteiger partial charge >= 0.3 is 5.97 Å². The van der Waals surface area contributed by atoms with E-state index in [1.54, 1.807) is 38.1 Å². The fourth-order valence-electron chi connectivity index (χ4n) is 8.00. The number of ketones is 2. The number of aromatic carboxylic acids is 1. The van der Waals surface area contributed by atoms with E-state index in [2.05, 4.69) is 6.58 Å². The first-order valence-corrected chi connectivity index (χ1v) is 14.2. The molecule has 9 nitrogen and oxygen atoms in total. The molecule has 4 aliphatic rings. The lowest BCUT2D eigenvalue weighted by atomic mass is 9.47. The van der Waals surface area contributed by atoms with Crippen molar-refractivity contribution in [2.45, 2.75) is 39.0 Å². The van der Waals surface area contributed by atoms with Gasteiger partial charge in [0.05, 0.1) is 22.9 Å². The maximum absolute atomic E-state index is 14.1. The summed E-state index contributed by atoms with van der Waals surface area (Å²) in [5.41, 5.74) is 0.664. The normalized spacial score (nSPS) is 29.8. The number of Topliss-reactive ketones (excluding diaryl/α,β-unsaturated/α-hetero) is 1. The van der Waals surface area contributed by atoms with Gasteiger partial charge in [-0.1, -0.05) is 42.8 Å². The van der Waals surface area contributed by atoms with E-state index in [9.17, 15) is 39.3 Å². The molecule has 2 fully saturated rings. The van der Waals surface area contributed by atoms with Crippen LogP contribution in [0.1, 0.15) is 54.1 Å². The molecule has 0 unspecified atom stereocenters. The smallest absolute Gasteiger partial charge is 0.339 e. The first-order valence-electron chi connectivity index (χ1n) is 14.2. The van der Waals surface area contributed by atoms with E-state index in [1.165, 1.54) is 12.1 Å². The van der Waals surface area contributed by atoms with Crippen LogP contribution in [0.4, 0.5) is 5.69 Å². The molecule has 0 spiro atoms. The molecule has 6 rings (SSSR count). The molecule has 0 radical (unpaired) electrons. The Bertz CT molecular complexity index is 1720. The van der Waals surface area contributed by atoms with Crippen LogP contribution >= 0.6 is 0 Å². The molecule has 3 aliphatic carbocycles. The number of imide groups is 1. The zero-order chi connectivity index (χ0) is 31.0.